The lowest BCUT2D eigenvalue weighted by atomic mass is 9.94. The molecule has 0 radical (unpaired) electrons. The predicted octanol–water partition coefficient (Wildman–Crippen LogP) is 0.388. The number of likely N-dealkylation sites (tertiary alicyclic amines) is 1. The molecule has 2 atom stereocenters. The lowest BCUT2D eigenvalue weighted by Gasteiger charge is -2.32. The fraction of sp³-hybridized carbons (Fsp3) is 0.733. The quantitative estimate of drug-likeness (QED) is 0.686. The Bertz CT molecular complexity index is 467. The maximum atomic E-state index is 12.1. The number of aromatic nitrogens is 2. The number of rotatable bonds is 5. The average Bonchev–Trinajstić information content (AvgIpc) is 2.77. The van der Waals surface area contributed by atoms with Crippen LogP contribution in [0.2, 0.25) is 0 Å². The fourth-order valence-electron chi connectivity index (χ4n) is 2.91. The summed E-state index contributed by atoms with van der Waals surface area (Å²) in [7, 11) is 1.98. The zero-order valence-corrected chi connectivity index (χ0v) is 13.1. The Labute approximate surface area is 125 Å². The SMILES string of the molecule is Cc1n[nH]c(C)c1CCCNC(=O)[C@@H]1CN(C)CC[C@@H]1O. The van der Waals surface area contributed by atoms with Gasteiger partial charge < -0.3 is 15.3 Å². The fourth-order valence-corrected chi connectivity index (χ4v) is 2.91. The number of carbonyl (C=O) groups is 1. The Morgan fingerprint density at radius 2 is 2.29 bits per heavy atom. The van der Waals surface area contributed by atoms with Gasteiger partial charge in [0.1, 0.15) is 0 Å². The number of aliphatic hydroxyl groups excluding tert-OH is 1. The molecule has 0 spiro atoms. The van der Waals surface area contributed by atoms with Gasteiger partial charge in [-0.25, -0.2) is 0 Å². The van der Waals surface area contributed by atoms with E-state index in [-0.39, 0.29) is 11.8 Å². The van der Waals surface area contributed by atoms with Crippen LogP contribution in [0.1, 0.15) is 29.8 Å². The van der Waals surface area contributed by atoms with Crippen molar-refractivity contribution in [2.45, 2.75) is 39.2 Å². The second-order valence-corrected chi connectivity index (χ2v) is 6.03. The first-order chi connectivity index (χ1) is 9.99. The molecule has 2 heterocycles. The van der Waals surface area contributed by atoms with E-state index >= 15 is 0 Å². The first-order valence-corrected chi connectivity index (χ1v) is 7.63. The molecule has 1 amide bonds. The largest absolute Gasteiger partial charge is 0.392 e. The van der Waals surface area contributed by atoms with Gasteiger partial charge in [-0.3, -0.25) is 9.89 Å². The second-order valence-electron chi connectivity index (χ2n) is 6.03. The summed E-state index contributed by atoms with van der Waals surface area (Å²) in [6.07, 6.45) is 1.94. The van der Waals surface area contributed by atoms with E-state index in [0.717, 1.165) is 30.8 Å². The number of amides is 1. The number of hydrogen-bond donors (Lipinski definition) is 3. The molecule has 1 aromatic heterocycles. The van der Waals surface area contributed by atoms with Gasteiger partial charge in [0.15, 0.2) is 0 Å². The van der Waals surface area contributed by atoms with Gasteiger partial charge in [0.25, 0.3) is 0 Å². The summed E-state index contributed by atoms with van der Waals surface area (Å²) in [4.78, 5) is 14.2. The maximum absolute atomic E-state index is 12.1. The minimum atomic E-state index is -0.514. The molecule has 21 heavy (non-hydrogen) atoms. The molecule has 2 rings (SSSR count). The molecule has 1 fully saturated rings. The molecule has 0 unspecified atom stereocenters. The predicted molar refractivity (Wildman–Crippen MR) is 81.0 cm³/mol. The molecule has 1 aromatic rings. The summed E-state index contributed by atoms with van der Waals surface area (Å²) in [5, 5.41) is 20.0. The molecule has 3 N–H and O–H groups in total. The molecule has 6 nitrogen and oxygen atoms in total. The average molecular weight is 294 g/mol. The normalized spacial score (nSPS) is 23.2. The van der Waals surface area contributed by atoms with Crippen molar-refractivity contribution in [3.8, 4) is 0 Å². The van der Waals surface area contributed by atoms with Crippen LogP contribution in [-0.2, 0) is 11.2 Å². The maximum Gasteiger partial charge on any atom is 0.227 e. The highest BCUT2D eigenvalue weighted by molar-refractivity contribution is 5.79. The number of nitrogens with one attached hydrogen (secondary N) is 2. The van der Waals surface area contributed by atoms with E-state index < -0.39 is 6.10 Å². The Hall–Kier alpha value is -1.40. The number of H-pyrrole nitrogens is 1. The van der Waals surface area contributed by atoms with Gasteiger partial charge in [0, 0.05) is 25.3 Å². The second kappa shape index (κ2) is 7.04. The molecular formula is C15H26N4O2. The van der Waals surface area contributed by atoms with E-state index in [2.05, 4.69) is 20.4 Å². The van der Waals surface area contributed by atoms with Crippen molar-refractivity contribution in [1.82, 2.24) is 20.4 Å². The molecule has 0 aromatic carbocycles. The smallest absolute Gasteiger partial charge is 0.227 e. The minimum absolute atomic E-state index is 0.0327. The van der Waals surface area contributed by atoms with Crippen LogP contribution < -0.4 is 5.32 Å². The van der Waals surface area contributed by atoms with Crippen LogP contribution >= 0.6 is 0 Å². The van der Waals surface area contributed by atoms with E-state index in [1.54, 1.807) is 0 Å². The van der Waals surface area contributed by atoms with Gasteiger partial charge >= 0.3 is 0 Å². The first kappa shape index (κ1) is 16.0. The highest BCUT2D eigenvalue weighted by atomic mass is 16.3. The van der Waals surface area contributed by atoms with Crippen molar-refractivity contribution in [2.24, 2.45) is 5.92 Å². The van der Waals surface area contributed by atoms with Gasteiger partial charge in [0.05, 0.1) is 17.7 Å². The van der Waals surface area contributed by atoms with Crippen LogP contribution in [0.3, 0.4) is 0 Å². The number of carbonyl (C=O) groups excluding carboxylic acids is 1. The van der Waals surface area contributed by atoms with E-state index in [4.69, 9.17) is 0 Å². The third-order valence-corrected chi connectivity index (χ3v) is 4.30. The molecule has 118 valence electrons. The number of nitrogens with zero attached hydrogens (tertiary/aromatic N) is 2. The van der Waals surface area contributed by atoms with E-state index in [1.807, 2.05) is 20.9 Å². The first-order valence-electron chi connectivity index (χ1n) is 7.63. The zero-order chi connectivity index (χ0) is 15.4. The van der Waals surface area contributed by atoms with Crippen LogP contribution in [0.15, 0.2) is 0 Å². The van der Waals surface area contributed by atoms with Crippen molar-refractivity contribution >= 4 is 5.91 Å². The topological polar surface area (TPSA) is 81.2 Å². The minimum Gasteiger partial charge on any atom is -0.392 e. The summed E-state index contributed by atoms with van der Waals surface area (Å²) in [6.45, 7) is 6.13. The lowest BCUT2D eigenvalue weighted by molar-refractivity contribution is -0.131. The van der Waals surface area contributed by atoms with E-state index in [1.165, 1.54) is 5.56 Å². The van der Waals surface area contributed by atoms with Gasteiger partial charge in [-0.15, -0.1) is 0 Å². The number of aliphatic hydroxyl groups is 1. The summed E-state index contributed by atoms with van der Waals surface area (Å²) in [6, 6.07) is 0. The Morgan fingerprint density at radius 3 is 2.95 bits per heavy atom. The number of piperidine rings is 1. The van der Waals surface area contributed by atoms with Crippen LogP contribution in [0.5, 0.6) is 0 Å². The van der Waals surface area contributed by atoms with E-state index in [0.29, 0.717) is 19.5 Å². The summed E-state index contributed by atoms with van der Waals surface area (Å²) < 4.78 is 0. The van der Waals surface area contributed by atoms with Crippen LogP contribution in [0.25, 0.3) is 0 Å². The lowest BCUT2D eigenvalue weighted by Crippen LogP contribution is -2.48. The van der Waals surface area contributed by atoms with Crippen LogP contribution in [0, 0.1) is 19.8 Å². The third kappa shape index (κ3) is 4.04. The van der Waals surface area contributed by atoms with Crippen molar-refractivity contribution in [1.29, 1.82) is 0 Å². The zero-order valence-electron chi connectivity index (χ0n) is 13.1. The van der Waals surface area contributed by atoms with Crippen LogP contribution in [0.4, 0.5) is 0 Å². The monoisotopic (exact) mass is 294 g/mol. The van der Waals surface area contributed by atoms with Gasteiger partial charge in [-0.05, 0) is 45.7 Å². The van der Waals surface area contributed by atoms with E-state index in [9.17, 15) is 9.90 Å². The number of aryl methyl sites for hydroxylation is 2. The molecular weight excluding hydrogens is 268 g/mol. The standard InChI is InChI=1S/C15H26N4O2/c1-10-12(11(2)18-17-10)5-4-7-16-15(21)13-9-19(3)8-6-14(13)20/h13-14,20H,4-9H2,1-3H3,(H,16,21)(H,17,18)/t13-,14+/m1/s1. The van der Waals surface area contributed by atoms with Gasteiger partial charge in [-0.1, -0.05) is 0 Å². The Balaban J connectivity index is 1.74. The van der Waals surface area contributed by atoms with Gasteiger partial charge in [-0.2, -0.15) is 5.10 Å². The molecule has 1 aliphatic rings. The van der Waals surface area contributed by atoms with Crippen molar-refractivity contribution in [2.75, 3.05) is 26.7 Å². The summed E-state index contributed by atoms with van der Waals surface area (Å²) in [5.41, 5.74) is 3.37. The summed E-state index contributed by atoms with van der Waals surface area (Å²) >= 11 is 0. The highest BCUT2D eigenvalue weighted by Crippen LogP contribution is 2.16. The number of aromatic amines is 1. The molecule has 1 saturated heterocycles. The van der Waals surface area contributed by atoms with Crippen molar-refractivity contribution < 1.29 is 9.90 Å². The molecule has 0 bridgehead atoms. The molecule has 6 heteroatoms. The number of hydrogen-bond acceptors (Lipinski definition) is 4. The molecule has 1 aliphatic heterocycles. The van der Waals surface area contributed by atoms with Crippen molar-refractivity contribution in [3.05, 3.63) is 17.0 Å². The molecule has 0 aliphatic carbocycles. The van der Waals surface area contributed by atoms with Gasteiger partial charge in [0.2, 0.25) is 5.91 Å². The highest BCUT2D eigenvalue weighted by Gasteiger charge is 2.31. The molecule has 0 saturated carbocycles. The Kier molecular flexibility index (Phi) is 5.36. The third-order valence-electron chi connectivity index (χ3n) is 4.30. The summed E-state index contributed by atoms with van der Waals surface area (Å²) in [5.74, 6) is -0.337. The van der Waals surface area contributed by atoms with Crippen LogP contribution in [-0.4, -0.2) is 58.9 Å². The Morgan fingerprint density at radius 1 is 1.52 bits per heavy atom. The van der Waals surface area contributed by atoms with Crippen molar-refractivity contribution in [3.63, 3.8) is 0 Å².